The number of rotatable bonds is 5. The number of nitrogens with one attached hydrogen (secondary N) is 1. The second-order valence-corrected chi connectivity index (χ2v) is 5.44. The first-order chi connectivity index (χ1) is 11.8. The van der Waals surface area contributed by atoms with Crippen molar-refractivity contribution in [2.24, 2.45) is 0 Å². The third kappa shape index (κ3) is 3.83. The van der Waals surface area contributed by atoms with Crippen LogP contribution in [0.25, 0.3) is 12.2 Å². The molecular formula is C19H14ClN3O. The molecule has 1 aromatic heterocycles. The summed E-state index contributed by atoms with van der Waals surface area (Å²) in [5.41, 5.74) is 2.16. The Kier molecular flexibility index (Phi) is 4.95. The van der Waals surface area contributed by atoms with Crippen molar-refractivity contribution in [3.8, 4) is 6.07 Å². The second-order valence-electron chi connectivity index (χ2n) is 5.03. The molecule has 0 atom stereocenters. The fourth-order valence-electron chi connectivity index (χ4n) is 2.15. The predicted octanol–water partition coefficient (Wildman–Crippen LogP) is 4.98. The lowest BCUT2D eigenvalue weighted by Gasteiger charge is -2.04. The lowest BCUT2D eigenvalue weighted by Crippen LogP contribution is -2.00. The number of anilines is 1. The molecular weight excluding hydrogens is 322 g/mol. The third-order valence-corrected chi connectivity index (χ3v) is 3.73. The van der Waals surface area contributed by atoms with Crippen LogP contribution in [-0.2, 0) is 6.54 Å². The fraction of sp³-hybridized carbons (Fsp3) is 0.0526. The lowest BCUT2D eigenvalue weighted by atomic mass is 10.2. The molecule has 24 heavy (non-hydrogen) atoms. The van der Waals surface area contributed by atoms with Crippen molar-refractivity contribution in [2.45, 2.75) is 6.54 Å². The molecule has 0 aliphatic heterocycles. The highest BCUT2D eigenvalue weighted by atomic mass is 35.5. The van der Waals surface area contributed by atoms with E-state index in [2.05, 4.69) is 10.3 Å². The molecule has 1 heterocycles. The molecule has 2 aromatic carbocycles. The number of nitrogens with zero attached hydrogens (tertiary/aromatic N) is 2. The first-order valence-corrected chi connectivity index (χ1v) is 7.75. The van der Waals surface area contributed by atoms with Crippen molar-refractivity contribution in [3.63, 3.8) is 0 Å². The highest BCUT2D eigenvalue weighted by molar-refractivity contribution is 6.31. The summed E-state index contributed by atoms with van der Waals surface area (Å²) in [4.78, 5) is 4.17. The molecule has 0 unspecified atom stereocenters. The molecule has 5 heteroatoms. The van der Waals surface area contributed by atoms with Crippen LogP contribution in [0.5, 0.6) is 0 Å². The first-order valence-electron chi connectivity index (χ1n) is 7.37. The van der Waals surface area contributed by atoms with Crippen LogP contribution in [-0.4, -0.2) is 4.98 Å². The Hall–Kier alpha value is -3.03. The summed E-state index contributed by atoms with van der Waals surface area (Å²) < 4.78 is 5.61. The van der Waals surface area contributed by atoms with Crippen LogP contribution in [0, 0.1) is 11.3 Å². The number of aromatic nitrogens is 1. The lowest BCUT2D eigenvalue weighted by molar-refractivity contribution is 0.557. The Bertz CT molecular complexity index is 894. The summed E-state index contributed by atoms with van der Waals surface area (Å²) in [7, 11) is 0. The third-order valence-electron chi connectivity index (χ3n) is 3.36. The Morgan fingerprint density at radius 1 is 1.08 bits per heavy atom. The number of benzene rings is 2. The normalized spacial score (nSPS) is 10.7. The topological polar surface area (TPSA) is 61.9 Å². The van der Waals surface area contributed by atoms with Gasteiger partial charge in [0, 0.05) is 17.6 Å². The van der Waals surface area contributed by atoms with E-state index in [1.54, 1.807) is 6.08 Å². The van der Waals surface area contributed by atoms with Crippen molar-refractivity contribution >= 4 is 29.6 Å². The molecule has 0 spiro atoms. The quantitative estimate of drug-likeness (QED) is 0.714. The maximum atomic E-state index is 9.21. The summed E-state index contributed by atoms with van der Waals surface area (Å²) in [6.07, 6.45) is 3.61. The van der Waals surface area contributed by atoms with E-state index >= 15 is 0 Å². The van der Waals surface area contributed by atoms with Crippen LogP contribution in [0.3, 0.4) is 0 Å². The van der Waals surface area contributed by atoms with E-state index in [-0.39, 0.29) is 5.69 Å². The highest BCUT2D eigenvalue weighted by Crippen LogP contribution is 2.21. The standard InChI is InChI=1S/C19H14ClN3O/c20-16-9-5-4-8-15(16)13-22-19-17(12-21)23-18(24-19)11-10-14-6-2-1-3-7-14/h1-11,22H,13H2/b11-10-. The van der Waals surface area contributed by atoms with Gasteiger partial charge in [0.25, 0.3) is 0 Å². The zero-order chi connectivity index (χ0) is 16.8. The SMILES string of the molecule is N#Cc1nc(/C=C\c2ccccc2)oc1NCc1ccccc1Cl. The molecule has 0 bridgehead atoms. The maximum absolute atomic E-state index is 9.21. The van der Waals surface area contributed by atoms with Crippen molar-refractivity contribution in [1.29, 1.82) is 5.26 Å². The van der Waals surface area contributed by atoms with Crippen molar-refractivity contribution in [1.82, 2.24) is 4.98 Å². The molecule has 0 fully saturated rings. The van der Waals surface area contributed by atoms with Gasteiger partial charge in [0.2, 0.25) is 17.5 Å². The molecule has 0 saturated heterocycles. The van der Waals surface area contributed by atoms with Crippen LogP contribution < -0.4 is 5.32 Å². The van der Waals surface area contributed by atoms with Crippen LogP contribution in [0.4, 0.5) is 5.88 Å². The number of halogens is 1. The predicted molar refractivity (Wildman–Crippen MR) is 95.4 cm³/mol. The number of nitriles is 1. The minimum absolute atomic E-state index is 0.217. The molecule has 0 saturated carbocycles. The van der Waals surface area contributed by atoms with Gasteiger partial charge < -0.3 is 9.73 Å². The molecule has 3 aromatic rings. The molecule has 3 rings (SSSR count). The van der Waals surface area contributed by atoms with Gasteiger partial charge in [-0.1, -0.05) is 60.1 Å². The van der Waals surface area contributed by atoms with Gasteiger partial charge in [0.15, 0.2) is 0 Å². The van der Waals surface area contributed by atoms with Crippen LogP contribution >= 0.6 is 11.6 Å². The van der Waals surface area contributed by atoms with Gasteiger partial charge in [-0.05, 0) is 23.3 Å². The number of hydrogen-bond acceptors (Lipinski definition) is 4. The van der Waals surface area contributed by atoms with Crippen molar-refractivity contribution in [2.75, 3.05) is 5.32 Å². The van der Waals surface area contributed by atoms with Crippen molar-refractivity contribution in [3.05, 3.63) is 82.3 Å². The van der Waals surface area contributed by atoms with E-state index < -0.39 is 0 Å². The Labute approximate surface area is 145 Å². The van der Waals surface area contributed by atoms with E-state index in [1.807, 2.05) is 66.7 Å². The van der Waals surface area contributed by atoms with E-state index in [0.717, 1.165) is 11.1 Å². The van der Waals surface area contributed by atoms with E-state index in [0.29, 0.717) is 23.3 Å². The summed E-state index contributed by atoms with van der Waals surface area (Å²) in [5, 5.41) is 12.9. The van der Waals surface area contributed by atoms with Crippen LogP contribution in [0.2, 0.25) is 5.02 Å². The summed E-state index contributed by atoms with van der Waals surface area (Å²) in [5.74, 6) is 0.710. The minimum atomic E-state index is 0.217. The van der Waals surface area contributed by atoms with Crippen LogP contribution in [0.1, 0.15) is 22.7 Å². The van der Waals surface area contributed by atoms with Gasteiger partial charge in [-0.25, -0.2) is 0 Å². The second kappa shape index (κ2) is 7.49. The van der Waals surface area contributed by atoms with Crippen molar-refractivity contribution < 1.29 is 4.42 Å². The molecule has 1 N–H and O–H groups in total. The highest BCUT2D eigenvalue weighted by Gasteiger charge is 2.11. The Morgan fingerprint density at radius 3 is 2.58 bits per heavy atom. The molecule has 0 aliphatic carbocycles. The fourth-order valence-corrected chi connectivity index (χ4v) is 2.36. The Morgan fingerprint density at radius 2 is 1.83 bits per heavy atom. The van der Waals surface area contributed by atoms with E-state index in [4.69, 9.17) is 16.0 Å². The molecule has 0 amide bonds. The molecule has 4 nitrogen and oxygen atoms in total. The minimum Gasteiger partial charge on any atom is -0.420 e. The first kappa shape index (κ1) is 15.9. The molecule has 0 radical (unpaired) electrons. The van der Waals surface area contributed by atoms with Gasteiger partial charge in [-0.2, -0.15) is 10.2 Å². The zero-order valence-corrected chi connectivity index (χ0v) is 13.5. The average Bonchev–Trinajstić information content (AvgIpc) is 3.02. The Balaban J connectivity index is 1.75. The van der Waals surface area contributed by atoms with Crippen LogP contribution in [0.15, 0.2) is 59.0 Å². The van der Waals surface area contributed by atoms with Gasteiger partial charge in [-0.3, -0.25) is 0 Å². The molecule has 0 aliphatic rings. The van der Waals surface area contributed by atoms with E-state index in [9.17, 15) is 5.26 Å². The molecule has 118 valence electrons. The average molecular weight is 336 g/mol. The van der Waals surface area contributed by atoms with E-state index in [1.165, 1.54) is 0 Å². The monoisotopic (exact) mass is 335 g/mol. The summed E-state index contributed by atoms with van der Waals surface area (Å²) in [6, 6.07) is 19.3. The van der Waals surface area contributed by atoms with Gasteiger partial charge >= 0.3 is 0 Å². The number of hydrogen-bond donors (Lipinski definition) is 1. The maximum Gasteiger partial charge on any atom is 0.232 e. The largest absolute Gasteiger partial charge is 0.420 e. The zero-order valence-electron chi connectivity index (χ0n) is 12.7. The van der Waals surface area contributed by atoms with Gasteiger partial charge in [0.05, 0.1) is 0 Å². The number of oxazole rings is 1. The van der Waals surface area contributed by atoms with Gasteiger partial charge in [-0.15, -0.1) is 0 Å². The smallest absolute Gasteiger partial charge is 0.232 e. The summed E-state index contributed by atoms with van der Waals surface area (Å²) in [6.45, 7) is 0.450. The summed E-state index contributed by atoms with van der Waals surface area (Å²) >= 11 is 6.12. The van der Waals surface area contributed by atoms with Gasteiger partial charge in [0.1, 0.15) is 6.07 Å².